The van der Waals surface area contributed by atoms with Gasteiger partial charge < -0.3 is 30.3 Å². The lowest BCUT2D eigenvalue weighted by Crippen LogP contribution is -2.29. The molecule has 2 aromatic carbocycles. The molecule has 0 spiro atoms. The fraction of sp³-hybridized carbons (Fsp3) is 0.273. The molecule has 1 fully saturated rings. The number of carbonyl (C=O) groups is 1. The Morgan fingerprint density at radius 1 is 1.09 bits per heavy atom. The van der Waals surface area contributed by atoms with Crippen LogP contribution in [-0.4, -0.2) is 78.8 Å². The Labute approximate surface area is 262 Å². The van der Waals surface area contributed by atoms with Crippen molar-refractivity contribution in [3.63, 3.8) is 0 Å². The number of nitrogens with one attached hydrogen (secondary N) is 2. The van der Waals surface area contributed by atoms with E-state index >= 15 is 0 Å². The topological polar surface area (TPSA) is 128 Å². The molecule has 0 unspecified atom stereocenters. The number of hydrogen-bond acceptors (Lipinski definition) is 11. The maximum Gasteiger partial charge on any atom is 0.247 e. The van der Waals surface area contributed by atoms with Gasteiger partial charge in [0.1, 0.15) is 17.9 Å². The zero-order valence-corrected chi connectivity index (χ0v) is 25.9. The molecule has 4 aromatic rings. The maximum atomic E-state index is 12.3. The van der Waals surface area contributed by atoms with Crippen LogP contribution in [0.4, 0.5) is 28.7 Å². The van der Waals surface area contributed by atoms with Gasteiger partial charge in [-0.15, -0.1) is 0 Å². The van der Waals surface area contributed by atoms with Crippen LogP contribution in [0.1, 0.15) is 18.0 Å². The number of benzene rings is 2. The maximum absolute atomic E-state index is 12.3. The fourth-order valence-corrected chi connectivity index (χ4v) is 5.06. The molecule has 0 aliphatic carbocycles. The van der Waals surface area contributed by atoms with E-state index in [2.05, 4.69) is 54.1 Å². The summed E-state index contributed by atoms with van der Waals surface area (Å²) in [4.78, 5) is 35.5. The average Bonchev–Trinajstić information content (AvgIpc) is 3.54. The monoisotopic (exact) mass is 610 g/mol. The van der Waals surface area contributed by atoms with Gasteiger partial charge in [-0.2, -0.15) is 0 Å². The molecule has 12 nitrogen and oxygen atoms in total. The summed E-state index contributed by atoms with van der Waals surface area (Å²) in [5.74, 6) is 1.35. The first-order valence-electron chi connectivity index (χ1n) is 14.5. The smallest absolute Gasteiger partial charge is 0.247 e. The number of aromatic nitrogens is 3. The second-order valence-corrected chi connectivity index (χ2v) is 10.9. The van der Waals surface area contributed by atoms with Crippen molar-refractivity contribution < 1.29 is 19.5 Å². The lowest BCUT2D eigenvalue weighted by atomic mass is 9.99. The molecule has 5 rings (SSSR count). The van der Waals surface area contributed by atoms with Gasteiger partial charge in [-0.05, 0) is 49.5 Å². The number of amides is 1. The van der Waals surface area contributed by atoms with Crippen LogP contribution >= 0.6 is 0 Å². The molecule has 12 heteroatoms. The van der Waals surface area contributed by atoms with Gasteiger partial charge in [0.15, 0.2) is 5.82 Å². The van der Waals surface area contributed by atoms with Crippen LogP contribution < -0.4 is 25.3 Å². The van der Waals surface area contributed by atoms with Crippen molar-refractivity contribution >= 4 is 34.6 Å². The van der Waals surface area contributed by atoms with E-state index in [1.54, 1.807) is 24.4 Å². The standard InChI is InChI=1S/C33H38N8O4/c1-6-32(42)38-25-17-26(29(44-5)18-28(25)40(4)14-13-39(2)3)37-30-19-31(36-21-35-30)41-27(12-15-45-41)23-9-7-8-22(16-23)24-10-11-33(43)34-20-24/h6-11,16-21,27H,1,12-15H2,2-5H3,(H,34,43)(H,38,42)(H,35,36,37)/t27-/m1/s1. The van der Waals surface area contributed by atoms with Crippen molar-refractivity contribution in [3.8, 4) is 22.8 Å². The second kappa shape index (κ2) is 14.1. The second-order valence-electron chi connectivity index (χ2n) is 10.9. The minimum absolute atomic E-state index is 0.0166. The highest BCUT2D eigenvalue weighted by atomic mass is 16.7. The van der Waals surface area contributed by atoms with Gasteiger partial charge in [-0.3, -0.25) is 9.63 Å². The summed E-state index contributed by atoms with van der Waals surface area (Å²) in [6.07, 6.45) is 5.14. The summed E-state index contributed by atoms with van der Waals surface area (Å²) in [7, 11) is 7.59. The van der Waals surface area contributed by atoms with Crippen LogP contribution in [0.15, 0.2) is 79.8 Å². The molecule has 0 saturated carbocycles. The number of carbonyl (C=O) groups excluding carboxylic acids is 1. The Hall–Kier alpha value is -5.20. The molecule has 1 aliphatic heterocycles. The van der Waals surface area contributed by atoms with Gasteiger partial charge in [-0.25, -0.2) is 20.0 Å². The van der Waals surface area contributed by atoms with Crippen LogP contribution in [0.2, 0.25) is 0 Å². The third-order valence-electron chi connectivity index (χ3n) is 7.45. The number of methoxy groups -OCH3 is 1. The average molecular weight is 611 g/mol. The van der Waals surface area contributed by atoms with Gasteiger partial charge >= 0.3 is 0 Å². The summed E-state index contributed by atoms with van der Waals surface area (Å²) >= 11 is 0. The summed E-state index contributed by atoms with van der Waals surface area (Å²) in [5.41, 5.74) is 4.96. The third-order valence-corrected chi connectivity index (χ3v) is 7.45. The van der Waals surface area contributed by atoms with Gasteiger partial charge in [-0.1, -0.05) is 24.8 Å². The van der Waals surface area contributed by atoms with Gasteiger partial charge in [0.25, 0.3) is 0 Å². The summed E-state index contributed by atoms with van der Waals surface area (Å²) < 4.78 is 5.75. The molecule has 1 amide bonds. The lowest BCUT2D eigenvalue weighted by molar-refractivity contribution is -0.111. The highest BCUT2D eigenvalue weighted by Crippen LogP contribution is 2.39. The van der Waals surface area contributed by atoms with E-state index < -0.39 is 0 Å². The Balaban J connectivity index is 1.41. The zero-order chi connectivity index (χ0) is 31.9. The molecule has 0 radical (unpaired) electrons. The van der Waals surface area contributed by atoms with Gasteiger partial charge in [0.2, 0.25) is 11.8 Å². The summed E-state index contributed by atoms with van der Waals surface area (Å²) in [6, 6.07) is 17.0. The molecule has 234 valence electrons. The number of rotatable bonds is 12. The van der Waals surface area contributed by atoms with E-state index in [0.29, 0.717) is 35.4 Å². The highest BCUT2D eigenvalue weighted by Gasteiger charge is 2.29. The zero-order valence-electron chi connectivity index (χ0n) is 25.9. The third kappa shape index (κ3) is 7.48. The first kappa shape index (κ1) is 31.2. The molecule has 1 saturated heterocycles. The van der Waals surface area contributed by atoms with Crippen LogP contribution in [0.5, 0.6) is 11.6 Å². The minimum atomic E-state index is -0.319. The van der Waals surface area contributed by atoms with E-state index in [-0.39, 0.29) is 17.8 Å². The van der Waals surface area contributed by atoms with Crippen molar-refractivity contribution in [1.82, 2.24) is 19.9 Å². The van der Waals surface area contributed by atoms with Crippen molar-refractivity contribution in [2.24, 2.45) is 0 Å². The Bertz CT molecular complexity index is 1650. The number of likely N-dealkylation sites (N-methyl/N-ethyl adjacent to an activating group) is 2. The first-order valence-corrected chi connectivity index (χ1v) is 14.5. The normalized spacial score (nSPS) is 14.3. The van der Waals surface area contributed by atoms with Crippen molar-refractivity contribution in [1.29, 1.82) is 0 Å². The largest absolute Gasteiger partial charge is 0.494 e. The van der Waals surface area contributed by atoms with Gasteiger partial charge in [0, 0.05) is 56.5 Å². The number of aromatic hydroxyl groups is 1. The van der Waals surface area contributed by atoms with Crippen LogP contribution in [0, 0.1) is 0 Å². The van der Waals surface area contributed by atoms with E-state index in [0.717, 1.165) is 41.9 Å². The quantitative estimate of drug-likeness (QED) is 0.188. The minimum Gasteiger partial charge on any atom is -0.494 e. The SMILES string of the molecule is C=CC(=O)Nc1cc(Nc2cc(N3OCC[C@@H]3c3cccc(-c4ccc(O)nc4)c3)ncn2)c(OC)cc1N(C)CCN(C)C. The Morgan fingerprint density at radius 2 is 1.93 bits per heavy atom. The van der Waals surface area contributed by atoms with Crippen LogP contribution in [0.25, 0.3) is 11.1 Å². The number of hydroxylamine groups is 1. The first-order chi connectivity index (χ1) is 21.7. The number of nitrogens with zero attached hydrogens (tertiary/aromatic N) is 6. The van der Waals surface area contributed by atoms with Crippen molar-refractivity contribution in [2.45, 2.75) is 12.5 Å². The number of pyridine rings is 1. The fourth-order valence-electron chi connectivity index (χ4n) is 5.06. The predicted octanol–water partition coefficient (Wildman–Crippen LogP) is 5.00. The number of hydrogen-bond donors (Lipinski definition) is 3. The van der Waals surface area contributed by atoms with E-state index in [9.17, 15) is 9.90 Å². The molecule has 3 N–H and O–H groups in total. The molecular formula is C33H38N8O4. The van der Waals surface area contributed by atoms with E-state index in [4.69, 9.17) is 9.57 Å². The van der Waals surface area contributed by atoms with Crippen LogP contribution in [0.3, 0.4) is 0 Å². The van der Waals surface area contributed by atoms with Crippen molar-refractivity contribution in [2.75, 3.05) is 68.5 Å². The van der Waals surface area contributed by atoms with Gasteiger partial charge in [0.05, 0.1) is 36.8 Å². The number of ether oxygens (including phenoxy) is 1. The molecule has 3 heterocycles. The summed E-state index contributed by atoms with van der Waals surface area (Å²) in [5, 5.41) is 17.6. The van der Waals surface area contributed by atoms with Crippen molar-refractivity contribution in [3.05, 3.63) is 85.3 Å². The lowest BCUT2D eigenvalue weighted by Gasteiger charge is -2.26. The molecule has 2 aromatic heterocycles. The van der Waals surface area contributed by atoms with Crippen LogP contribution in [-0.2, 0) is 9.63 Å². The molecule has 45 heavy (non-hydrogen) atoms. The highest BCUT2D eigenvalue weighted by molar-refractivity contribution is 6.02. The van der Waals surface area contributed by atoms with E-state index in [1.165, 1.54) is 12.4 Å². The van der Waals surface area contributed by atoms with E-state index in [1.807, 2.05) is 57.5 Å². The number of anilines is 5. The predicted molar refractivity (Wildman–Crippen MR) is 176 cm³/mol. The summed E-state index contributed by atoms with van der Waals surface area (Å²) in [6.45, 7) is 5.69. The molecular weight excluding hydrogens is 572 g/mol. The molecule has 1 aliphatic rings. The Kier molecular flexibility index (Phi) is 9.76. The molecule has 0 bridgehead atoms. The molecule has 1 atom stereocenters. The Morgan fingerprint density at radius 3 is 2.67 bits per heavy atom.